The minimum atomic E-state index is -5.62. The lowest BCUT2D eigenvalue weighted by Gasteiger charge is -2.22. The van der Waals surface area contributed by atoms with E-state index in [2.05, 4.69) is 72.4 Å². The standard InChI is InChI=1S/C80H92N26O28S8/c81-67(107)23-31-103(32-24-68(82)108)135(115,116)57-9-1-5-49(39-57)91-75-97-76(92-50-6-2-10-58(40-50)136(117,118)104(33-25-69(83)109)34-26-70(84)110)100-79(99-75)95-55-19-21-61(65(45-55)141(129,130)131)89-53-17-15-47(63(43-53)139(123,124)125)13-14-48-16-18-54(44-64(48)140(126,127)128)90-62-22-20-56(46-66(62)142(132,133)134)96-80-101-77(93-51-7-3-11-59(41-51)137(119,120)105(35-27-71(85)111)36-28-72(86)112)98-78(102-80)94-52-8-4-12-60(42-52)138(121,122)106(37-29-73(87)113)38-30-74(88)114/h1-12,15-22,39-46,89-90H,13-14,23-38H2,(H2,81,107)(H2,82,108)(H2,83,109)(H2,84,110)(H2,85,111)(H2,86,112)(H2,87,113)(H2,88,114)(H,123,124,125)(H,126,127,128)(H,129,130,131)(H,132,133,134)(H3,91,92,95,97,99,100)(H3,93,94,96,98,101,102)/p-4. The van der Waals surface area contributed by atoms with Crippen LogP contribution >= 0.6 is 0 Å². The van der Waals surface area contributed by atoms with Gasteiger partial charge < -0.3 is 107 Å². The molecule has 54 nitrogen and oxygen atoms in total. The van der Waals surface area contributed by atoms with Gasteiger partial charge in [-0.1, -0.05) is 36.4 Å². The third kappa shape index (κ3) is 30.9. The zero-order valence-electron chi connectivity index (χ0n) is 73.7. The van der Waals surface area contributed by atoms with Crippen LogP contribution in [-0.4, -0.2) is 232 Å². The Bertz CT molecular complexity index is 6790. The van der Waals surface area contributed by atoms with E-state index in [4.69, 9.17) is 45.9 Å². The second kappa shape index (κ2) is 46.1. The van der Waals surface area contributed by atoms with Crippen LogP contribution < -0.4 is 88.4 Å². The molecular formula is C80H88N26O28S8-4. The van der Waals surface area contributed by atoms with E-state index in [1.54, 1.807) is 0 Å². The number of hydrogen-bond acceptors (Lipinski definition) is 42. The molecule has 142 heavy (non-hydrogen) atoms. The summed E-state index contributed by atoms with van der Waals surface area (Å²) in [6.07, 6.45) is -4.80. The number of nitrogens with zero attached hydrogens (tertiary/aromatic N) is 10. The van der Waals surface area contributed by atoms with Crippen molar-refractivity contribution in [3.63, 3.8) is 0 Å². The summed E-state index contributed by atoms with van der Waals surface area (Å²) in [5, 5.41) is 21.7. The quantitative estimate of drug-likeness (QED) is 0.0229. The maximum Gasteiger partial charge on any atom is 0.243 e. The van der Waals surface area contributed by atoms with Gasteiger partial charge in [-0.15, -0.1) is 0 Å². The molecule has 0 aliphatic rings. The molecule has 8 aromatic carbocycles. The Morgan fingerprint density at radius 2 is 0.408 bits per heavy atom. The lowest BCUT2D eigenvalue weighted by atomic mass is 10.0. The summed E-state index contributed by atoms with van der Waals surface area (Å²) in [4.78, 5) is 114. The first-order valence-electron chi connectivity index (χ1n) is 41.1. The molecule has 0 atom stereocenters. The Morgan fingerprint density at radius 1 is 0.232 bits per heavy atom. The zero-order chi connectivity index (χ0) is 104. The number of anilines is 16. The molecule has 10 aromatic rings. The van der Waals surface area contributed by atoms with Crippen molar-refractivity contribution in [2.45, 2.75) is 103 Å². The average Bonchev–Trinajstić information content (AvgIpc) is 0.778. The minimum absolute atomic E-state index is 0.0640. The molecule has 0 saturated heterocycles. The number of rotatable bonds is 55. The molecule has 2 heterocycles. The third-order valence-corrected chi connectivity index (χ3v) is 31.1. The van der Waals surface area contributed by atoms with Crippen molar-refractivity contribution in [2.75, 3.05) is 94.9 Å². The second-order valence-electron chi connectivity index (χ2n) is 30.5. The summed E-state index contributed by atoms with van der Waals surface area (Å²) in [5.41, 5.74) is 39.1. The molecule has 8 amide bonds. The molecule has 0 spiro atoms. The van der Waals surface area contributed by atoms with Gasteiger partial charge >= 0.3 is 0 Å². The van der Waals surface area contributed by atoms with E-state index < -0.39 is 331 Å². The molecule has 62 heteroatoms. The fourth-order valence-electron chi connectivity index (χ4n) is 13.2. The van der Waals surface area contributed by atoms with Gasteiger partial charge in [-0.25, -0.2) is 67.3 Å². The summed E-state index contributed by atoms with van der Waals surface area (Å²) in [6, 6.07) is 31.0. The Kier molecular flexibility index (Phi) is 35.5. The van der Waals surface area contributed by atoms with E-state index in [0.29, 0.717) is 0 Å². The molecule has 0 radical (unpaired) electrons. The molecule has 0 fully saturated rings. The number of sulfonamides is 4. The van der Waals surface area contributed by atoms with E-state index in [9.17, 15) is 124 Å². The van der Waals surface area contributed by atoms with Crippen LogP contribution in [-0.2, 0) is 132 Å². The second-order valence-corrected chi connectivity index (χ2v) is 43.6. The smallest absolute Gasteiger partial charge is 0.243 e. The molecular weight excluding hydrogens is 2030 g/mol. The van der Waals surface area contributed by atoms with Crippen molar-refractivity contribution in [1.29, 1.82) is 0 Å². The van der Waals surface area contributed by atoms with Gasteiger partial charge in [0.2, 0.25) is 123 Å². The predicted octanol–water partition coefficient (Wildman–Crippen LogP) is 0.373. The van der Waals surface area contributed by atoms with E-state index >= 15 is 0 Å². The zero-order valence-corrected chi connectivity index (χ0v) is 80.2. The monoisotopic (exact) mass is 2120 g/mol. The van der Waals surface area contributed by atoms with Crippen LogP contribution in [0.5, 0.6) is 0 Å². The van der Waals surface area contributed by atoms with Crippen molar-refractivity contribution in [3.05, 3.63) is 181 Å². The van der Waals surface area contributed by atoms with Crippen LogP contribution in [0.1, 0.15) is 62.5 Å². The number of amides is 8. The number of benzene rings is 8. The summed E-state index contributed by atoms with van der Waals surface area (Å²) in [6.45, 7) is -3.74. The molecule has 0 bridgehead atoms. The number of aromatic nitrogens is 6. The number of carbonyl (C=O) groups is 8. The molecule has 0 saturated carbocycles. The lowest BCUT2D eigenvalue weighted by molar-refractivity contribution is -0.119. The van der Waals surface area contributed by atoms with Gasteiger partial charge in [-0.2, -0.15) is 47.1 Å². The first kappa shape index (κ1) is 109. The highest BCUT2D eigenvalue weighted by molar-refractivity contribution is 7.90. The SMILES string of the molecule is NC(=O)CCN(CCC(N)=O)S(=O)(=O)c1cccc(Nc2nc(Nc3cccc(S(=O)(=O)N(CCC(N)=O)CCC(N)=O)c3)nc(Nc3ccc(Nc4ccc(CCc5ccc(Nc6ccc(Nc7nc(Nc8cccc(S(=O)(=O)N(CCC(N)=O)CCC(N)=O)c8)nc(Nc8cccc(S(=O)(=O)N(CCC(N)=O)CCC(N)=O)c8)n7)cc6S(=O)(=O)[O-])cc5S(=O)(=O)[O-])c(S(=O)(=O)[O-])c4)c(S(=O)(=O)[O-])c3)n2)c1. The van der Waals surface area contributed by atoms with Gasteiger partial charge in [0.25, 0.3) is 0 Å². The van der Waals surface area contributed by atoms with Crippen LogP contribution in [0.15, 0.2) is 209 Å². The van der Waals surface area contributed by atoms with Gasteiger partial charge in [0.1, 0.15) is 40.5 Å². The largest absolute Gasteiger partial charge is 0.744 e. The lowest BCUT2D eigenvalue weighted by Crippen LogP contribution is -2.36. The van der Waals surface area contributed by atoms with Crippen LogP contribution in [0.25, 0.3) is 0 Å². The van der Waals surface area contributed by atoms with Gasteiger partial charge in [-0.3, -0.25) is 38.4 Å². The number of carbonyl (C=O) groups excluding carboxylic acids is 8. The van der Waals surface area contributed by atoms with Crippen LogP contribution in [0.3, 0.4) is 0 Å². The highest BCUT2D eigenvalue weighted by atomic mass is 32.2. The molecule has 10 rings (SSSR count). The van der Waals surface area contributed by atoms with E-state index in [0.717, 1.165) is 139 Å². The maximum atomic E-state index is 14.1. The van der Waals surface area contributed by atoms with Crippen LogP contribution in [0, 0.1) is 0 Å². The summed E-state index contributed by atoms with van der Waals surface area (Å²) < 4.78 is 274. The third-order valence-electron chi connectivity index (χ3n) is 20.0. The summed E-state index contributed by atoms with van der Waals surface area (Å²) in [7, 11) is -40.6. The van der Waals surface area contributed by atoms with Crippen molar-refractivity contribution in [3.8, 4) is 0 Å². The van der Waals surface area contributed by atoms with Crippen molar-refractivity contribution in [1.82, 2.24) is 47.1 Å². The van der Waals surface area contributed by atoms with Crippen LogP contribution in [0.2, 0.25) is 0 Å². The fraction of sp³-hybridized carbons (Fsp3) is 0.225. The molecule has 0 aliphatic heterocycles. The Balaban J connectivity index is 0.922. The Hall–Kier alpha value is -14.8. The Labute approximate surface area is 811 Å². The molecule has 0 aliphatic carbocycles. The van der Waals surface area contributed by atoms with Crippen molar-refractivity contribution >= 4 is 220 Å². The van der Waals surface area contributed by atoms with Crippen molar-refractivity contribution in [2.24, 2.45) is 45.9 Å². The highest BCUT2D eigenvalue weighted by Gasteiger charge is 2.32. The molecule has 2 aromatic heterocycles. The van der Waals surface area contributed by atoms with Gasteiger partial charge in [0.15, 0.2) is 0 Å². The number of primary amides is 8. The minimum Gasteiger partial charge on any atom is -0.744 e. The summed E-state index contributed by atoms with van der Waals surface area (Å²) in [5.74, 6) is -9.84. The predicted molar refractivity (Wildman–Crippen MR) is 502 cm³/mol. The molecule has 758 valence electrons. The number of nitrogens with one attached hydrogen (secondary N) is 8. The normalized spacial score (nSPS) is 12.2. The van der Waals surface area contributed by atoms with E-state index in [1.165, 1.54) is 48.5 Å². The van der Waals surface area contributed by atoms with E-state index in [-0.39, 0.29) is 56.6 Å². The molecule has 0 unspecified atom stereocenters. The molecule has 24 N–H and O–H groups in total. The first-order chi connectivity index (χ1) is 66.4. The van der Waals surface area contributed by atoms with Gasteiger partial charge in [-0.05, 0) is 157 Å². The van der Waals surface area contributed by atoms with Gasteiger partial charge in [0, 0.05) is 149 Å². The highest BCUT2D eigenvalue weighted by Crippen LogP contribution is 2.37. The number of nitrogens with two attached hydrogens (primary N) is 8. The van der Waals surface area contributed by atoms with Gasteiger partial charge in [0.05, 0.1) is 50.5 Å². The maximum absolute atomic E-state index is 14.1. The summed E-state index contributed by atoms with van der Waals surface area (Å²) >= 11 is 0. The van der Waals surface area contributed by atoms with Crippen LogP contribution in [0.4, 0.5) is 92.6 Å². The topological polar surface area (TPSA) is 897 Å². The van der Waals surface area contributed by atoms with E-state index in [1.807, 2.05) is 0 Å². The average molecular weight is 2120 g/mol. The fourth-order valence-corrected chi connectivity index (χ4v) is 22.0. The Morgan fingerprint density at radius 3 is 0.599 bits per heavy atom. The number of hydrogen-bond donors (Lipinski definition) is 16. The number of aryl methyl sites for hydroxylation is 2. The van der Waals surface area contributed by atoms with Crippen molar-refractivity contribution < 1.29 is 124 Å². The first-order valence-corrected chi connectivity index (χ1v) is 52.5.